The normalized spacial score (nSPS) is 10.8. The first-order valence-corrected chi connectivity index (χ1v) is 8.10. The third-order valence-electron chi connectivity index (χ3n) is 3.60. The van der Waals surface area contributed by atoms with Crippen LogP contribution in [0.1, 0.15) is 21.5 Å². The number of hydrogen-bond acceptors (Lipinski definition) is 5. The highest BCUT2D eigenvalue weighted by atomic mass is 16.6. The molecule has 28 heavy (non-hydrogen) atoms. The van der Waals surface area contributed by atoms with Crippen LogP contribution in [0.4, 0.5) is 5.69 Å². The summed E-state index contributed by atoms with van der Waals surface area (Å²) in [5.74, 6) is -2.68. The largest absolute Gasteiger partial charge is 0.480 e. The van der Waals surface area contributed by atoms with Gasteiger partial charge >= 0.3 is 5.97 Å². The van der Waals surface area contributed by atoms with Gasteiger partial charge in [-0.15, -0.1) is 0 Å². The van der Waals surface area contributed by atoms with Crippen molar-refractivity contribution in [2.24, 2.45) is 0 Å². The van der Waals surface area contributed by atoms with E-state index in [2.05, 4.69) is 10.6 Å². The van der Waals surface area contributed by atoms with Crippen molar-refractivity contribution < 1.29 is 24.4 Å². The maximum absolute atomic E-state index is 12.4. The predicted molar refractivity (Wildman–Crippen MR) is 100 cm³/mol. The minimum absolute atomic E-state index is 0.191. The lowest BCUT2D eigenvalue weighted by atomic mass is 10.1. The predicted octanol–water partition coefficient (Wildman–Crippen LogP) is 1.87. The Kier molecular flexibility index (Phi) is 6.58. The molecular formula is C19H17N3O6. The van der Waals surface area contributed by atoms with Gasteiger partial charge in [0, 0.05) is 17.7 Å². The van der Waals surface area contributed by atoms with Crippen LogP contribution in [0.15, 0.2) is 54.2 Å². The fourth-order valence-corrected chi connectivity index (χ4v) is 2.20. The lowest BCUT2D eigenvalue weighted by Crippen LogP contribution is -2.37. The van der Waals surface area contributed by atoms with Crippen LogP contribution in [-0.4, -0.2) is 34.4 Å². The second-order valence-corrected chi connectivity index (χ2v) is 5.81. The Hall–Kier alpha value is -4.01. The molecule has 0 saturated carbocycles. The molecule has 0 atom stereocenters. The maximum atomic E-state index is 12.4. The van der Waals surface area contributed by atoms with E-state index in [1.54, 1.807) is 24.3 Å². The second kappa shape index (κ2) is 9.08. The van der Waals surface area contributed by atoms with Gasteiger partial charge in [-0.3, -0.25) is 24.5 Å². The van der Waals surface area contributed by atoms with Crippen LogP contribution >= 0.6 is 0 Å². The zero-order valence-electron chi connectivity index (χ0n) is 14.8. The fraction of sp³-hybridized carbons (Fsp3) is 0.105. The number of hydrogen-bond donors (Lipinski definition) is 3. The number of carboxylic acids is 1. The molecule has 0 heterocycles. The van der Waals surface area contributed by atoms with Crippen molar-refractivity contribution in [1.82, 2.24) is 10.6 Å². The van der Waals surface area contributed by atoms with Crippen molar-refractivity contribution in [1.29, 1.82) is 0 Å². The van der Waals surface area contributed by atoms with Gasteiger partial charge in [0.2, 0.25) is 0 Å². The van der Waals surface area contributed by atoms with Crippen LogP contribution in [0.3, 0.4) is 0 Å². The quantitative estimate of drug-likeness (QED) is 0.379. The highest BCUT2D eigenvalue weighted by molar-refractivity contribution is 6.05. The van der Waals surface area contributed by atoms with E-state index >= 15 is 0 Å². The number of non-ortho nitro benzene ring substituents is 1. The number of amides is 2. The van der Waals surface area contributed by atoms with Gasteiger partial charge in [-0.1, -0.05) is 29.8 Å². The molecule has 9 nitrogen and oxygen atoms in total. The maximum Gasteiger partial charge on any atom is 0.322 e. The number of nitro groups is 1. The summed E-state index contributed by atoms with van der Waals surface area (Å²) >= 11 is 0. The van der Waals surface area contributed by atoms with Crippen molar-refractivity contribution in [3.05, 3.63) is 81.0 Å². The van der Waals surface area contributed by atoms with Crippen LogP contribution in [0, 0.1) is 17.0 Å². The molecule has 0 spiro atoms. The van der Waals surface area contributed by atoms with E-state index in [4.69, 9.17) is 5.11 Å². The molecule has 0 unspecified atom stereocenters. The smallest absolute Gasteiger partial charge is 0.322 e. The summed E-state index contributed by atoms with van der Waals surface area (Å²) in [6.07, 6.45) is 1.23. The fourth-order valence-electron chi connectivity index (χ4n) is 2.20. The standard InChI is InChI=1S/C19H17N3O6/c1-12-5-7-14(8-6-12)18(25)21-16(19(26)20-11-17(23)24)10-13-3-2-4-15(9-13)22(27)28/h2-10H,11H2,1H3,(H,20,26)(H,21,25)(H,23,24). The summed E-state index contributed by atoms with van der Waals surface area (Å²) in [6, 6.07) is 12.0. The van der Waals surface area contributed by atoms with E-state index < -0.39 is 29.3 Å². The number of benzene rings is 2. The number of nitrogens with zero attached hydrogens (tertiary/aromatic N) is 1. The molecule has 0 aliphatic heterocycles. The van der Waals surface area contributed by atoms with E-state index in [0.29, 0.717) is 11.1 Å². The van der Waals surface area contributed by atoms with Gasteiger partial charge < -0.3 is 15.7 Å². The zero-order chi connectivity index (χ0) is 20.7. The topological polar surface area (TPSA) is 139 Å². The first-order valence-electron chi connectivity index (χ1n) is 8.10. The lowest BCUT2D eigenvalue weighted by Gasteiger charge is -2.10. The first-order chi connectivity index (χ1) is 13.3. The Labute approximate surface area is 159 Å². The van der Waals surface area contributed by atoms with Crippen LogP contribution in [-0.2, 0) is 9.59 Å². The Morgan fingerprint density at radius 1 is 1.14 bits per heavy atom. The Balaban J connectivity index is 2.33. The van der Waals surface area contributed by atoms with Crippen molar-refractivity contribution in [3.63, 3.8) is 0 Å². The summed E-state index contributed by atoms with van der Waals surface area (Å²) < 4.78 is 0. The highest BCUT2D eigenvalue weighted by Gasteiger charge is 2.16. The van der Waals surface area contributed by atoms with Crippen LogP contribution in [0.25, 0.3) is 6.08 Å². The molecule has 144 valence electrons. The molecule has 2 amide bonds. The average Bonchev–Trinajstić information content (AvgIpc) is 2.66. The van der Waals surface area contributed by atoms with E-state index in [9.17, 15) is 24.5 Å². The summed E-state index contributed by atoms with van der Waals surface area (Å²) in [5.41, 5.74) is 1.10. The molecule has 9 heteroatoms. The van der Waals surface area contributed by atoms with E-state index in [1.165, 1.54) is 30.3 Å². The SMILES string of the molecule is Cc1ccc(C(=O)NC(=Cc2cccc([N+](=O)[O-])c2)C(=O)NCC(=O)O)cc1. The summed E-state index contributed by atoms with van der Waals surface area (Å²) in [4.78, 5) is 45.7. The molecule has 2 aromatic rings. The molecule has 0 radical (unpaired) electrons. The number of carbonyl (C=O) groups is 3. The Bertz CT molecular complexity index is 950. The Morgan fingerprint density at radius 3 is 2.43 bits per heavy atom. The number of aliphatic carboxylic acids is 1. The highest BCUT2D eigenvalue weighted by Crippen LogP contribution is 2.15. The molecule has 2 rings (SSSR count). The molecule has 3 N–H and O–H groups in total. The zero-order valence-corrected chi connectivity index (χ0v) is 14.8. The van der Waals surface area contributed by atoms with Crippen LogP contribution in [0.5, 0.6) is 0 Å². The molecular weight excluding hydrogens is 366 g/mol. The van der Waals surface area contributed by atoms with Crippen molar-refractivity contribution >= 4 is 29.5 Å². The summed E-state index contributed by atoms with van der Waals surface area (Å²) in [6.45, 7) is 1.21. The second-order valence-electron chi connectivity index (χ2n) is 5.81. The minimum atomic E-state index is -1.26. The van der Waals surface area contributed by atoms with E-state index in [-0.39, 0.29) is 11.4 Å². The molecule has 0 fully saturated rings. The molecule has 2 aromatic carbocycles. The van der Waals surface area contributed by atoms with Crippen LogP contribution in [0.2, 0.25) is 0 Å². The number of nitrogens with one attached hydrogen (secondary N) is 2. The number of carboxylic acid groups (broad SMARTS) is 1. The molecule has 0 aliphatic rings. The third kappa shape index (κ3) is 5.77. The number of rotatable bonds is 7. The monoisotopic (exact) mass is 383 g/mol. The van der Waals surface area contributed by atoms with Crippen LogP contribution < -0.4 is 10.6 Å². The van der Waals surface area contributed by atoms with Gasteiger partial charge in [-0.2, -0.15) is 0 Å². The average molecular weight is 383 g/mol. The lowest BCUT2D eigenvalue weighted by molar-refractivity contribution is -0.384. The molecule has 0 aliphatic carbocycles. The van der Waals surface area contributed by atoms with Crippen molar-refractivity contribution in [3.8, 4) is 0 Å². The van der Waals surface area contributed by atoms with Crippen molar-refractivity contribution in [2.75, 3.05) is 6.54 Å². The molecule has 0 saturated heterocycles. The van der Waals surface area contributed by atoms with Gasteiger partial charge in [0.15, 0.2) is 0 Å². The van der Waals surface area contributed by atoms with Gasteiger partial charge in [0.25, 0.3) is 17.5 Å². The van der Waals surface area contributed by atoms with Gasteiger partial charge in [0.1, 0.15) is 12.2 Å². The van der Waals surface area contributed by atoms with Gasteiger partial charge in [0.05, 0.1) is 4.92 Å². The number of nitro benzene ring substituents is 1. The van der Waals surface area contributed by atoms with E-state index in [1.807, 2.05) is 6.92 Å². The number of aryl methyl sites for hydroxylation is 1. The first kappa shape index (κ1) is 20.3. The van der Waals surface area contributed by atoms with E-state index in [0.717, 1.165) is 5.56 Å². The van der Waals surface area contributed by atoms with Gasteiger partial charge in [-0.05, 0) is 30.7 Å². The van der Waals surface area contributed by atoms with Crippen molar-refractivity contribution in [2.45, 2.75) is 6.92 Å². The third-order valence-corrected chi connectivity index (χ3v) is 3.60. The molecule has 0 aromatic heterocycles. The van der Waals surface area contributed by atoms with Gasteiger partial charge in [-0.25, -0.2) is 0 Å². The summed E-state index contributed by atoms with van der Waals surface area (Å²) in [7, 11) is 0. The number of carbonyl (C=O) groups excluding carboxylic acids is 2. The Morgan fingerprint density at radius 2 is 1.82 bits per heavy atom. The molecule has 0 bridgehead atoms. The minimum Gasteiger partial charge on any atom is -0.480 e. The summed E-state index contributed by atoms with van der Waals surface area (Å²) in [5, 5.41) is 24.2.